The van der Waals surface area contributed by atoms with E-state index in [0.29, 0.717) is 152 Å². The number of amides is 1. The summed E-state index contributed by atoms with van der Waals surface area (Å²) in [5, 5.41) is 0. The summed E-state index contributed by atoms with van der Waals surface area (Å²) in [5.74, 6) is -0.107. The molecular formula is C50H81NO14. The number of hydrogen-bond acceptors (Lipinski definition) is 14. The first-order valence-corrected chi connectivity index (χ1v) is 24.1. The number of carbonyl (C=O) groups is 2. The predicted octanol–water partition coefficient (Wildman–Crippen LogP) is 7.50. The van der Waals surface area contributed by atoms with E-state index in [9.17, 15) is 9.59 Å². The molecule has 0 aromatic heterocycles. The van der Waals surface area contributed by atoms with E-state index in [0.717, 1.165) is 12.8 Å². The van der Waals surface area contributed by atoms with Crippen molar-refractivity contribution < 1.29 is 66.4 Å². The van der Waals surface area contributed by atoms with Gasteiger partial charge in [-0.05, 0) is 28.7 Å². The van der Waals surface area contributed by atoms with Crippen LogP contribution in [0, 0.1) is 0 Å². The van der Waals surface area contributed by atoms with Crippen LogP contribution < -0.4 is 0 Å². The monoisotopic (exact) mass is 920 g/mol. The van der Waals surface area contributed by atoms with Gasteiger partial charge in [0.1, 0.15) is 13.2 Å². The van der Waals surface area contributed by atoms with E-state index < -0.39 is 0 Å². The molecule has 15 heteroatoms. The maximum atomic E-state index is 12.6. The second-order valence-corrected chi connectivity index (χ2v) is 15.6. The van der Waals surface area contributed by atoms with Gasteiger partial charge in [-0.1, -0.05) is 107 Å². The quantitative estimate of drug-likeness (QED) is 0.0477. The Hall–Kier alpha value is -3.22. The highest BCUT2D eigenvalue weighted by Crippen LogP contribution is 2.44. The van der Waals surface area contributed by atoms with Crippen LogP contribution in [0.2, 0.25) is 0 Å². The normalized spacial score (nSPS) is 12.1. The molecule has 1 aliphatic rings. The maximum Gasteiger partial charge on any atom is 0.409 e. The number of unbranched alkanes of at least 4 members (excludes halogenated alkanes) is 8. The molecular weight excluding hydrogens is 839 g/mol. The number of nitrogens with zero attached hydrogens (tertiary/aromatic N) is 1. The lowest BCUT2D eigenvalue weighted by Gasteiger charge is -2.19. The summed E-state index contributed by atoms with van der Waals surface area (Å²) in [6.07, 6.45) is 11.2. The number of fused-ring (bicyclic) bond motifs is 3. The van der Waals surface area contributed by atoms with Crippen LogP contribution in [0.15, 0.2) is 48.5 Å². The van der Waals surface area contributed by atoms with Crippen molar-refractivity contribution in [3.8, 4) is 11.1 Å². The molecule has 0 atom stereocenters. The largest absolute Gasteiger partial charge is 0.463 e. The second kappa shape index (κ2) is 39.9. The summed E-state index contributed by atoms with van der Waals surface area (Å²) in [5.41, 5.74) is 4.79. The molecule has 65 heavy (non-hydrogen) atoms. The smallest absolute Gasteiger partial charge is 0.409 e. The van der Waals surface area contributed by atoms with E-state index in [4.69, 9.17) is 56.8 Å². The van der Waals surface area contributed by atoms with E-state index in [-0.39, 0.29) is 24.6 Å². The summed E-state index contributed by atoms with van der Waals surface area (Å²) in [4.78, 5) is 26.0. The minimum absolute atomic E-state index is 0.0346. The second-order valence-electron chi connectivity index (χ2n) is 15.6. The van der Waals surface area contributed by atoms with Crippen LogP contribution in [-0.4, -0.2) is 176 Å². The summed E-state index contributed by atoms with van der Waals surface area (Å²) < 4.78 is 66.2. The minimum Gasteiger partial charge on any atom is -0.463 e. The number of carbonyl (C=O) groups excluding carboxylic acids is 2. The Bertz CT molecular complexity index is 1400. The highest BCUT2D eigenvalue weighted by atomic mass is 16.6. The van der Waals surface area contributed by atoms with Gasteiger partial charge < -0.3 is 61.7 Å². The van der Waals surface area contributed by atoms with E-state index >= 15 is 0 Å². The van der Waals surface area contributed by atoms with Crippen molar-refractivity contribution in [2.24, 2.45) is 0 Å². The van der Waals surface area contributed by atoms with Gasteiger partial charge in [-0.15, -0.1) is 0 Å². The fourth-order valence-electron chi connectivity index (χ4n) is 6.94. The summed E-state index contributed by atoms with van der Waals surface area (Å²) >= 11 is 0. The molecule has 0 bridgehead atoms. The van der Waals surface area contributed by atoms with Crippen molar-refractivity contribution in [3.63, 3.8) is 0 Å². The van der Waals surface area contributed by atoms with Gasteiger partial charge in [0.15, 0.2) is 0 Å². The molecule has 0 radical (unpaired) electrons. The van der Waals surface area contributed by atoms with Gasteiger partial charge in [0.25, 0.3) is 0 Å². The molecule has 0 heterocycles. The molecule has 0 unspecified atom stereocenters. The van der Waals surface area contributed by atoms with Crippen molar-refractivity contribution in [1.82, 2.24) is 4.90 Å². The van der Waals surface area contributed by atoms with Crippen LogP contribution >= 0.6 is 0 Å². The number of ether oxygens (including phenoxy) is 12. The van der Waals surface area contributed by atoms with Crippen molar-refractivity contribution in [2.45, 2.75) is 77.0 Å². The van der Waals surface area contributed by atoms with Gasteiger partial charge in [0, 0.05) is 25.9 Å². The zero-order chi connectivity index (χ0) is 46.1. The Morgan fingerprint density at radius 1 is 0.431 bits per heavy atom. The minimum atomic E-state index is -0.367. The van der Waals surface area contributed by atoms with Gasteiger partial charge in [0.05, 0.1) is 132 Å². The predicted molar refractivity (Wildman–Crippen MR) is 249 cm³/mol. The van der Waals surface area contributed by atoms with Gasteiger partial charge in [-0.25, -0.2) is 4.79 Å². The van der Waals surface area contributed by atoms with Crippen LogP contribution in [0.1, 0.15) is 88.2 Å². The molecule has 0 N–H and O–H groups in total. The Labute approximate surface area is 389 Å². The van der Waals surface area contributed by atoms with Gasteiger partial charge in [0.2, 0.25) is 0 Å². The van der Waals surface area contributed by atoms with Crippen molar-refractivity contribution in [2.75, 3.05) is 159 Å². The molecule has 0 aliphatic heterocycles. The van der Waals surface area contributed by atoms with Crippen LogP contribution in [0.5, 0.6) is 0 Å². The molecule has 0 spiro atoms. The first kappa shape index (κ1) is 56.1. The van der Waals surface area contributed by atoms with Crippen LogP contribution in [-0.2, 0) is 61.6 Å². The molecule has 3 rings (SSSR count). The fraction of sp³-hybridized carbons (Fsp3) is 0.720. The Kier molecular flexibility index (Phi) is 34.4. The lowest BCUT2D eigenvalue weighted by Crippen LogP contribution is -2.32. The van der Waals surface area contributed by atoms with Crippen LogP contribution in [0.3, 0.4) is 0 Å². The number of hydrogen-bond donors (Lipinski definition) is 0. The van der Waals surface area contributed by atoms with Crippen molar-refractivity contribution >= 4 is 12.1 Å². The SMILES string of the molecule is CCCCCCCCCCCC(=O)OCCOCCOCCOCCOCCOCCOCCOCCOCCOCCOCCN(C)C(=O)OCC1c2ccccc2-c2ccccc21. The Morgan fingerprint density at radius 2 is 0.769 bits per heavy atom. The third kappa shape index (κ3) is 27.9. The topological polar surface area (TPSA) is 148 Å². The third-order valence-electron chi connectivity index (χ3n) is 10.5. The highest BCUT2D eigenvalue weighted by Gasteiger charge is 2.29. The zero-order valence-electron chi connectivity index (χ0n) is 39.7. The highest BCUT2D eigenvalue weighted by molar-refractivity contribution is 5.79. The average molecular weight is 920 g/mol. The van der Waals surface area contributed by atoms with E-state index in [2.05, 4.69) is 31.2 Å². The van der Waals surface area contributed by atoms with E-state index in [1.54, 1.807) is 7.05 Å². The van der Waals surface area contributed by atoms with Gasteiger partial charge in [-0.2, -0.15) is 0 Å². The molecule has 2 aromatic carbocycles. The summed E-state index contributed by atoms with van der Waals surface area (Å²) in [6, 6.07) is 16.6. The molecule has 370 valence electrons. The number of esters is 1. The molecule has 1 aliphatic carbocycles. The fourth-order valence-corrected chi connectivity index (χ4v) is 6.94. The molecule has 2 aromatic rings. The average Bonchev–Trinajstić information content (AvgIpc) is 3.64. The standard InChI is InChI=1S/C50H81NO14/c1-3-4-5-6-7-8-9-10-11-20-49(52)64-42-41-63-40-39-62-38-37-61-36-35-60-34-33-59-32-31-58-30-29-57-28-27-56-26-25-55-24-23-54-22-21-51(2)50(53)65-43-48-46-18-14-12-16-44(46)45-17-13-15-19-47(45)48/h12-19,48H,3-11,20-43H2,1-2H3. The van der Waals surface area contributed by atoms with E-state index in [1.807, 2.05) is 24.3 Å². The molecule has 0 fully saturated rings. The zero-order valence-corrected chi connectivity index (χ0v) is 39.7. The summed E-state index contributed by atoms with van der Waals surface area (Å²) in [6.45, 7) is 12.5. The summed E-state index contributed by atoms with van der Waals surface area (Å²) in [7, 11) is 1.71. The number of rotatable bonds is 45. The first-order chi connectivity index (χ1) is 32.1. The third-order valence-corrected chi connectivity index (χ3v) is 10.5. The molecule has 0 saturated carbocycles. The first-order valence-electron chi connectivity index (χ1n) is 24.1. The number of benzene rings is 2. The Balaban J connectivity index is 0.931. The lowest BCUT2D eigenvalue weighted by molar-refractivity contribution is -0.145. The van der Waals surface area contributed by atoms with Crippen molar-refractivity contribution in [1.29, 1.82) is 0 Å². The Morgan fingerprint density at radius 3 is 1.17 bits per heavy atom. The number of likely N-dealkylation sites (N-methyl/N-ethyl adjacent to an activating group) is 1. The van der Waals surface area contributed by atoms with Crippen LogP contribution in [0.25, 0.3) is 11.1 Å². The van der Waals surface area contributed by atoms with Gasteiger partial charge >= 0.3 is 12.1 Å². The van der Waals surface area contributed by atoms with Crippen LogP contribution in [0.4, 0.5) is 4.79 Å². The molecule has 0 saturated heterocycles. The van der Waals surface area contributed by atoms with E-state index in [1.165, 1.54) is 72.1 Å². The lowest BCUT2D eigenvalue weighted by atomic mass is 9.98. The molecule has 15 nitrogen and oxygen atoms in total. The van der Waals surface area contributed by atoms with Gasteiger partial charge in [-0.3, -0.25) is 4.79 Å². The van der Waals surface area contributed by atoms with Crippen molar-refractivity contribution in [3.05, 3.63) is 59.7 Å². The molecule has 1 amide bonds. The maximum absolute atomic E-state index is 12.6.